The third-order valence-corrected chi connectivity index (χ3v) is 2.97. The van der Waals surface area contributed by atoms with Crippen molar-refractivity contribution in [1.82, 2.24) is 20.1 Å². The summed E-state index contributed by atoms with van der Waals surface area (Å²) < 4.78 is 5.06. The molecule has 6 heteroatoms. The Hall–Kier alpha value is -1.43. The Morgan fingerprint density at radius 3 is 2.56 bits per heavy atom. The van der Waals surface area contributed by atoms with Gasteiger partial charge < -0.3 is 9.64 Å². The van der Waals surface area contributed by atoms with E-state index in [-0.39, 0.29) is 17.8 Å². The van der Waals surface area contributed by atoms with Crippen molar-refractivity contribution in [2.75, 3.05) is 20.3 Å². The Balaban J connectivity index is 2.84. The number of methoxy groups -OCH3 is 1. The summed E-state index contributed by atoms with van der Waals surface area (Å²) in [6.07, 6.45) is 1.82. The Morgan fingerprint density at radius 1 is 1.44 bits per heavy atom. The molecule has 1 N–H and O–H groups in total. The lowest BCUT2D eigenvalue weighted by molar-refractivity contribution is 0.0578. The van der Waals surface area contributed by atoms with Gasteiger partial charge in [0.15, 0.2) is 0 Å². The van der Waals surface area contributed by atoms with Crippen LogP contribution in [0.4, 0.5) is 0 Å². The van der Waals surface area contributed by atoms with Crippen LogP contribution in [0.25, 0.3) is 0 Å². The maximum absolute atomic E-state index is 12.3. The van der Waals surface area contributed by atoms with Gasteiger partial charge in [0.2, 0.25) is 5.82 Å². The fourth-order valence-electron chi connectivity index (χ4n) is 1.94. The summed E-state index contributed by atoms with van der Waals surface area (Å²) in [7, 11) is 1.63. The van der Waals surface area contributed by atoms with Crippen molar-refractivity contribution in [2.45, 2.75) is 39.7 Å². The molecule has 0 saturated carbocycles. The fourth-order valence-corrected chi connectivity index (χ4v) is 1.94. The highest BCUT2D eigenvalue weighted by Gasteiger charge is 2.24. The first-order valence-corrected chi connectivity index (χ1v) is 6.32. The van der Waals surface area contributed by atoms with Gasteiger partial charge in [-0.2, -0.15) is 0 Å². The quantitative estimate of drug-likeness (QED) is 0.798. The lowest BCUT2D eigenvalue weighted by atomic mass is 10.1. The van der Waals surface area contributed by atoms with Crippen LogP contribution in [0.15, 0.2) is 0 Å². The summed E-state index contributed by atoms with van der Waals surface area (Å²) in [6, 6.07) is 0.200. The Morgan fingerprint density at radius 2 is 2.11 bits per heavy atom. The molecule has 1 amide bonds. The number of hydrogen-bond donors (Lipinski definition) is 1. The summed E-state index contributed by atoms with van der Waals surface area (Å²) in [4.78, 5) is 18.2. The minimum absolute atomic E-state index is 0.134. The van der Waals surface area contributed by atoms with Gasteiger partial charge in [-0.1, -0.05) is 13.8 Å². The van der Waals surface area contributed by atoms with Gasteiger partial charge in [-0.15, -0.1) is 5.10 Å². The summed E-state index contributed by atoms with van der Waals surface area (Å²) >= 11 is 0. The van der Waals surface area contributed by atoms with Crippen molar-refractivity contribution < 1.29 is 9.53 Å². The minimum atomic E-state index is -0.134. The van der Waals surface area contributed by atoms with Gasteiger partial charge in [0, 0.05) is 19.7 Å². The number of aryl methyl sites for hydroxylation is 1. The van der Waals surface area contributed by atoms with Crippen molar-refractivity contribution in [3.8, 4) is 0 Å². The fraction of sp³-hybridized carbons (Fsp3) is 0.750. The molecule has 1 aromatic heterocycles. The monoisotopic (exact) mass is 254 g/mol. The Labute approximate surface area is 108 Å². The molecule has 0 aromatic carbocycles. The predicted octanol–water partition coefficient (Wildman–Crippen LogP) is 1.39. The first-order chi connectivity index (χ1) is 8.63. The number of nitrogens with zero attached hydrogens (tertiary/aromatic N) is 3. The molecule has 1 aromatic rings. The number of carbonyl (C=O) groups is 1. The zero-order chi connectivity index (χ0) is 13.5. The van der Waals surface area contributed by atoms with E-state index in [1.807, 2.05) is 0 Å². The van der Waals surface area contributed by atoms with Crippen molar-refractivity contribution in [3.05, 3.63) is 11.6 Å². The maximum atomic E-state index is 12.3. The Bertz CT molecular complexity index is 374. The highest BCUT2D eigenvalue weighted by atomic mass is 16.5. The number of H-pyrrole nitrogens is 1. The average Bonchev–Trinajstić information content (AvgIpc) is 2.80. The molecule has 1 rings (SSSR count). The van der Waals surface area contributed by atoms with Crippen LogP contribution < -0.4 is 0 Å². The van der Waals surface area contributed by atoms with Gasteiger partial charge in [0.05, 0.1) is 6.61 Å². The number of amides is 1. The molecule has 0 saturated heterocycles. The summed E-state index contributed by atoms with van der Waals surface area (Å²) in [5.41, 5.74) is 0. The second kappa shape index (κ2) is 7.10. The highest BCUT2D eigenvalue weighted by Crippen LogP contribution is 2.11. The molecule has 0 unspecified atom stereocenters. The number of hydrogen-bond acceptors (Lipinski definition) is 4. The molecule has 0 fully saturated rings. The van der Waals surface area contributed by atoms with E-state index >= 15 is 0 Å². The summed E-state index contributed by atoms with van der Waals surface area (Å²) in [5.74, 6) is 0.746. The van der Waals surface area contributed by atoms with E-state index in [9.17, 15) is 4.79 Å². The van der Waals surface area contributed by atoms with Crippen molar-refractivity contribution in [1.29, 1.82) is 0 Å². The van der Waals surface area contributed by atoms with Crippen LogP contribution in [0, 0.1) is 6.92 Å². The maximum Gasteiger partial charge on any atom is 0.293 e. The standard InChI is InChI=1S/C12H22N4O2/c1-5-10(6-2)16(7-8-18-4)12(17)11-13-9(3)14-15-11/h10H,5-8H2,1-4H3,(H,13,14,15). The topological polar surface area (TPSA) is 71.1 Å². The molecule has 0 aliphatic heterocycles. The van der Waals surface area contributed by atoms with Crippen LogP contribution in [0.1, 0.15) is 43.1 Å². The number of rotatable bonds is 7. The van der Waals surface area contributed by atoms with Crippen molar-refractivity contribution in [2.24, 2.45) is 0 Å². The van der Waals surface area contributed by atoms with E-state index in [0.717, 1.165) is 12.8 Å². The van der Waals surface area contributed by atoms with Crippen LogP contribution >= 0.6 is 0 Å². The summed E-state index contributed by atoms with van der Waals surface area (Å²) in [6.45, 7) is 7.01. The van der Waals surface area contributed by atoms with Gasteiger partial charge in [0.25, 0.3) is 5.91 Å². The van der Waals surface area contributed by atoms with E-state index in [4.69, 9.17) is 4.74 Å². The number of aromatic amines is 1. The molecule has 0 atom stereocenters. The minimum Gasteiger partial charge on any atom is -0.383 e. The van der Waals surface area contributed by atoms with Gasteiger partial charge in [-0.3, -0.25) is 9.89 Å². The normalized spacial score (nSPS) is 10.9. The molecule has 0 aliphatic rings. The predicted molar refractivity (Wildman–Crippen MR) is 68.4 cm³/mol. The zero-order valence-electron chi connectivity index (χ0n) is 11.6. The first kappa shape index (κ1) is 14.6. The largest absolute Gasteiger partial charge is 0.383 e. The smallest absolute Gasteiger partial charge is 0.293 e. The van der Waals surface area contributed by atoms with Gasteiger partial charge in [-0.25, -0.2) is 4.98 Å². The molecule has 0 aliphatic carbocycles. The Kier molecular flexibility index (Phi) is 5.77. The van der Waals surface area contributed by atoms with Gasteiger partial charge in [0.1, 0.15) is 5.82 Å². The first-order valence-electron chi connectivity index (χ1n) is 6.32. The second-order valence-corrected chi connectivity index (χ2v) is 4.21. The van der Waals surface area contributed by atoms with Crippen LogP contribution in [0.2, 0.25) is 0 Å². The molecule has 102 valence electrons. The molecule has 6 nitrogen and oxygen atoms in total. The van der Waals surface area contributed by atoms with Crippen LogP contribution in [0.5, 0.6) is 0 Å². The number of aromatic nitrogens is 3. The molecule has 0 radical (unpaired) electrons. The van der Waals surface area contributed by atoms with Crippen LogP contribution in [-0.4, -0.2) is 52.3 Å². The van der Waals surface area contributed by atoms with Crippen LogP contribution in [0.3, 0.4) is 0 Å². The molecular weight excluding hydrogens is 232 g/mol. The molecule has 0 spiro atoms. The number of carbonyl (C=O) groups excluding carboxylic acids is 1. The highest BCUT2D eigenvalue weighted by molar-refractivity contribution is 5.90. The zero-order valence-corrected chi connectivity index (χ0v) is 11.6. The number of nitrogens with one attached hydrogen (secondary N) is 1. The SMILES string of the molecule is CCC(CC)N(CCOC)C(=O)c1n[nH]c(C)n1. The van der Waals surface area contributed by atoms with Crippen LogP contribution in [-0.2, 0) is 4.74 Å². The molecule has 18 heavy (non-hydrogen) atoms. The molecule has 0 bridgehead atoms. The van der Waals surface area contributed by atoms with E-state index in [0.29, 0.717) is 19.0 Å². The lowest BCUT2D eigenvalue weighted by Crippen LogP contribution is -2.42. The van der Waals surface area contributed by atoms with Crippen molar-refractivity contribution >= 4 is 5.91 Å². The third kappa shape index (κ3) is 3.53. The van der Waals surface area contributed by atoms with Gasteiger partial charge in [-0.05, 0) is 19.8 Å². The summed E-state index contributed by atoms with van der Waals surface area (Å²) in [5, 5.41) is 6.62. The van der Waals surface area contributed by atoms with E-state index in [2.05, 4.69) is 29.0 Å². The third-order valence-electron chi connectivity index (χ3n) is 2.97. The second-order valence-electron chi connectivity index (χ2n) is 4.21. The van der Waals surface area contributed by atoms with Gasteiger partial charge >= 0.3 is 0 Å². The number of ether oxygens (including phenoxy) is 1. The average molecular weight is 254 g/mol. The molecular formula is C12H22N4O2. The van der Waals surface area contributed by atoms with E-state index in [1.165, 1.54) is 0 Å². The van der Waals surface area contributed by atoms with E-state index < -0.39 is 0 Å². The van der Waals surface area contributed by atoms with Crippen molar-refractivity contribution in [3.63, 3.8) is 0 Å². The van der Waals surface area contributed by atoms with E-state index in [1.54, 1.807) is 18.9 Å². The lowest BCUT2D eigenvalue weighted by Gasteiger charge is -2.29. The molecule has 1 heterocycles.